The highest BCUT2D eigenvalue weighted by Gasteiger charge is 2.48. The summed E-state index contributed by atoms with van der Waals surface area (Å²) in [6, 6.07) is 0. The Labute approximate surface area is 102 Å². The summed E-state index contributed by atoms with van der Waals surface area (Å²) in [5.41, 5.74) is 0.137. The van der Waals surface area contributed by atoms with Gasteiger partial charge in [0.15, 0.2) is 15.2 Å². The van der Waals surface area contributed by atoms with E-state index in [1.165, 1.54) is 0 Å². The van der Waals surface area contributed by atoms with Crippen LogP contribution in [-0.4, -0.2) is 67.9 Å². The van der Waals surface area contributed by atoms with Gasteiger partial charge in [-0.3, -0.25) is 0 Å². The summed E-state index contributed by atoms with van der Waals surface area (Å²) in [5.74, 6) is -0.676. The fourth-order valence-electron chi connectivity index (χ4n) is 1.88. The van der Waals surface area contributed by atoms with E-state index in [0.717, 1.165) is 10.9 Å². The summed E-state index contributed by atoms with van der Waals surface area (Å²) in [6.45, 7) is -0.423. The van der Waals surface area contributed by atoms with Crippen LogP contribution in [0.25, 0.3) is 0 Å². The molecule has 9 nitrogen and oxygen atoms in total. The lowest BCUT2D eigenvalue weighted by atomic mass is 10.1. The Morgan fingerprint density at radius 2 is 2.00 bits per heavy atom. The largest absolute Gasteiger partial charge is 0.390 e. The molecule has 0 aliphatic carbocycles. The number of sulfone groups is 1. The average molecular weight is 279 g/mol. The molecule has 1 aromatic rings. The molecule has 0 radical (unpaired) electrons. The Kier molecular flexibility index (Phi) is 3.38. The van der Waals surface area contributed by atoms with Gasteiger partial charge in [-0.2, -0.15) is 0 Å². The maximum absolute atomic E-state index is 11.9. The molecule has 4 N–H and O–H groups in total. The molecule has 2 rings (SSSR count). The lowest BCUT2D eigenvalue weighted by Gasteiger charge is -2.34. The zero-order valence-corrected chi connectivity index (χ0v) is 9.97. The Balaban J connectivity index is 2.40. The first kappa shape index (κ1) is 13.4. The first-order valence-electron chi connectivity index (χ1n) is 5.14. The molecule has 1 aliphatic rings. The number of hydrogen-bond donors (Lipinski definition) is 4. The van der Waals surface area contributed by atoms with Gasteiger partial charge in [0.25, 0.3) is 0 Å². The summed E-state index contributed by atoms with van der Waals surface area (Å²) >= 11 is 0. The fraction of sp³-hybridized carbons (Fsp3) is 0.750. The second-order valence-electron chi connectivity index (χ2n) is 4.12. The lowest BCUT2D eigenvalue weighted by Crippen LogP contribution is -2.54. The van der Waals surface area contributed by atoms with Crippen molar-refractivity contribution >= 4 is 9.84 Å². The molecule has 1 saturated heterocycles. The summed E-state index contributed by atoms with van der Waals surface area (Å²) in [7, 11) is -3.88. The third-order valence-corrected chi connectivity index (χ3v) is 4.82. The van der Waals surface area contributed by atoms with E-state index in [1.54, 1.807) is 0 Å². The third-order valence-electron chi connectivity index (χ3n) is 2.79. The second-order valence-corrected chi connectivity index (χ2v) is 6.26. The van der Waals surface area contributed by atoms with Gasteiger partial charge >= 0.3 is 0 Å². The van der Waals surface area contributed by atoms with Crippen LogP contribution in [0, 0.1) is 0 Å². The molecule has 0 spiro atoms. The van der Waals surface area contributed by atoms with Gasteiger partial charge in [-0.15, -0.1) is 5.10 Å². The SMILES string of the molecule is O=S1(=O)C[C@@H](O)[C@H](O)[C@@H](O)[C@@H]1n1cc(CO)nn1. The molecule has 0 amide bonds. The van der Waals surface area contributed by atoms with E-state index in [4.69, 9.17) is 5.11 Å². The smallest absolute Gasteiger partial charge is 0.183 e. The maximum Gasteiger partial charge on any atom is 0.183 e. The molecule has 10 heteroatoms. The maximum atomic E-state index is 11.9. The molecule has 18 heavy (non-hydrogen) atoms. The highest BCUT2D eigenvalue weighted by molar-refractivity contribution is 7.91. The molecule has 0 unspecified atom stereocenters. The van der Waals surface area contributed by atoms with Crippen molar-refractivity contribution in [1.29, 1.82) is 0 Å². The molecule has 0 saturated carbocycles. The normalized spacial score (nSPS) is 35.6. The first-order valence-corrected chi connectivity index (χ1v) is 6.85. The van der Waals surface area contributed by atoms with Crippen LogP contribution >= 0.6 is 0 Å². The highest BCUT2D eigenvalue weighted by Crippen LogP contribution is 2.29. The molecule has 1 fully saturated rings. The van der Waals surface area contributed by atoms with E-state index >= 15 is 0 Å². The Morgan fingerprint density at radius 3 is 2.56 bits per heavy atom. The standard InChI is InChI=1S/C8H13N3O6S/c12-2-4-1-11(10-9-4)8-7(15)6(14)5(13)3-18(8,16)17/h1,5-8,12-15H,2-3H2/t5-,6+,7-,8-/m1/s1. The van der Waals surface area contributed by atoms with E-state index in [2.05, 4.69) is 10.3 Å². The van der Waals surface area contributed by atoms with Gasteiger partial charge in [-0.1, -0.05) is 5.21 Å². The summed E-state index contributed by atoms with van der Waals surface area (Å²) in [5, 5.41) is 42.8. The summed E-state index contributed by atoms with van der Waals surface area (Å²) in [6.07, 6.45) is -3.68. The number of hydrogen-bond acceptors (Lipinski definition) is 8. The molecular formula is C8H13N3O6S. The van der Waals surface area contributed by atoms with Gasteiger partial charge in [-0.25, -0.2) is 13.1 Å². The van der Waals surface area contributed by atoms with Gasteiger partial charge < -0.3 is 20.4 Å². The van der Waals surface area contributed by atoms with Crippen molar-refractivity contribution in [2.24, 2.45) is 0 Å². The fourth-order valence-corrected chi connectivity index (χ4v) is 3.76. The van der Waals surface area contributed by atoms with E-state index in [0.29, 0.717) is 0 Å². The van der Waals surface area contributed by atoms with Crippen LogP contribution in [0.1, 0.15) is 11.1 Å². The Morgan fingerprint density at radius 1 is 1.33 bits per heavy atom. The monoisotopic (exact) mass is 279 g/mol. The van der Waals surface area contributed by atoms with Crippen LogP contribution < -0.4 is 0 Å². The lowest BCUT2D eigenvalue weighted by molar-refractivity contribution is -0.0675. The molecule has 1 aromatic heterocycles. The van der Waals surface area contributed by atoms with E-state index in [9.17, 15) is 23.7 Å². The molecule has 0 aromatic carbocycles. The number of rotatable bonds is 2. The Bertz CT molecular complexity index is 529. The number of aromatic nitrogens is 3. The van der Waals surface area contributed by atoms with Crippen molar-refractivity contribution in [2.45, 2.75) is 30.3 Å². The molecule has 2 heterocycles. The van der Waals surface area contributed by atoms with Crippen molar-refractivity contribution < 1.29 is 28.8 Å². The van der Waals surface area contributed by atoms with Crippen molar-refractivity contribution in [2.75, 3.05) is 5.75 Å². The van der Waals surface area contributed by atoms with Crippen molar-refractivity contribution in [3.8, 4) is 0 Å². The second kappa shape index (κ2) is 4.55. The average Bonchev–Trinajstić information content (AvgIpc) is 2.73. The van der Waals surface area contributed by atoms with Gasteiger partial charge in [0.2, 0.25) is 0 Å². The van der Waals surface area contributed by atoms with Crippen LogP contribution in [0.2, 0.25) is 0 Å². The predicted molar refractivity (Wildman–Crippen MR) is 56.8 cm³/mol. The van der Waals surface area contributed by atoms with Crippen LogP contribution in [0.3, 0.4) is 0 Å². The zero-order valence-electron chi connectivity index (χ0n) is 9.16. The van der Waals surface area contributed by atoms with E-state index in [1.807, 2.05) is 0 Å². The number of aliphatic hydroxyl groups excluding tert-OH is 4. The quantitative estimate of drug-likeness (QED) is 0.442. The summed E-state index contributed by atoms with van der Waals surface area (Å²) < 4.78 is 24.6. The first-order chi connectivity index (χ1) is 8.36. The predicted octanol–water partition coefficient (Wildman–Crippen LogP) is -3.22. The van der Waals surface area contributed by atoms with Crippen molar-refractivity contribution in [3.63, 3.8) is 0 Å². The topological polar surface area (TPSA) is 146 Å². The number of aliphatic hydroxyl groups is 4. The molecule has 1 aliphatic heterocycles. The van der Waals surface area contributed by atoms with Crippen LogP contribution in [-0.2, 0) is 16.4 Å². The third kappa shape index (κ3) is 2.12. The molecular weight excluding hydrogens is 266 g/mol. The highest BCUT2D eigenvalue weighted by atomic mass is 32.2. The minimum absolute atomic E-state index is 0.137. The van der Waals surface area contributed by atoms with Crippen molar-refractivity contribution in [3.05, 3.63) is 11.9 Å². The number of nitrogens with zero attached hydrogens (tertiary/aromatic N) is 3. The molecule has 102 valence electrons. The van der Waals surface area contributed by atoms with Crippen molar-refractivity contribution in [1.82, 2.24) is 15.0 Å². The minimum Gasteiger partial charge on any atom is -0.390 e. The van der Waals surface area contributed by atoms with Gasteiger partial charge in [-0.05, 0) is 0 Å². The Hall–Kier alpha value is -1.07. The van der Waals surface area contributed by atoms with Crippen LogP contribution in [0.15, 0.2) is 6.20 Å². The van der Waals surface area contributed by atoms with E-state index < -0.39 is 45.9 Å². The zero-order chi connectivity index (χ0) is 13.5. The van der Waals surface area contributed by atoms with Crippen LogP contribution in [0.5, 0.6) is 0 Å². The van der Waals surface area contributed by atoms with Gasteiger partial charge in [0.05, 0.1) is 24.7 Å². The van der Waals surface area contributed by atoms with Gasteiger partial charge in [0, 0.05) is 0 Å². The van der Waals surface area contributed by atoms with Gasteiger partial charge in [0.1, 0.15) is 17.9 Å². The minimum atomic E-state index is -3.88. The molecule has 0 bridgehead atoms. The van der Waals surface area contributed by atoms with E-state index in [-0.39, 0.29) is 5.69 Å². The molecule has 4 atom stereocenters. The van der Waals surface area contributed by atoms with Crippen LogP contribution in [0.4, 0.5) is 0 Å². The summed E-state index contributed by atoms with van der Waals surface area (Å²) in [4.78, 5) is 0.